The molecule has 0 bridgehead atoms. The number of halogens is 2. The van der Waals surface area contributed by atoms with Crippen LogP contribution in [0.4, 0.5) is 4.39 Å². The Balaban J connectivity index is 1.64. The van der Waals surface area contributed by atoms with E-state index < -0.39 is 0 Å². The number of hydrogen-bond acceptors (Lipinski definition) is 2. The minimum atomic E-state index is -0.295. The number of hydrogen-bond donors (Lipinski definition) is 1. The molecule has 0 aliphatic heterocycles. The molecule has 3 aromatic carbocycles. The Bertz CT molecular complexity index is 1500. The van der Waals surface area contributed by atoms with Gasteiger partial charge in [-0.15, -0.1) is 0 Å². The maximum Gasteiger partial charge on any atom is 0.249 e. The first kappa shape index (κ1) is 21.4. The summed E-state index contributed by atoms with van der Waals surface area (Å²) in [5.41, 5.74) is 5.53. The smallest absolute Gasteiger partial charge is 0.249 e. The molecule has 5 aromatic rings. The van der Waals surface area contributed by atoms with E-state index in [0.29, 0.717) is 5.02 Å². The molecule has 2 nitrogen and oxygen atoms in total. The fraction of sp³-hybridized carbons (Fsp3) is 0.0357. The van der Waals surface area contributed by atoms with Crippen LogP contribution in [0, 0.1) is 5.82 Å². The van der Waals surface area contributed by atoms with Crippen LogP contribution in [0.25, 0.3) is 23.1 Å². The molecule has 0 fully saturated rings. The Kier molecular flexibility index (Phi) is 5.95. The lowest BCUT2D eigenvalue weighted by Gasteiger charge is -2.18. The van der Waals surface area contributed by atoms with Crippen LogP contribution in [-0.2, 0) is 0 Å². The van der Waals surface area contributed by atoms with E-state index >= 15 is 0 Å². The van der Waals surface area contributed by atoms with Crippen molar-refractivity contribution in [2.24, 2.45) is 0 Å². The molecule has 0 aliphatic rings. The van der Waals surface area contributed by atoms with Crippen molar-refractivity contribution in [3.63, 3.8) is 0 Å². The summed E-state index contributed by atoms with van der Waals surface area (Å²) in [6.45, 7) is 0. The highest BCUT2D eigenvalue weighted by atomic mass is 35.5. The Morgan fingerprint density at radius 2 is 1.70 bits per heavy atom. The number of H-pyrrole nitrogens is 1. The van der Waals surface area contributed by atoms with Crippen LogP contribution in [-0.4, -0.2) is 4.98 Å². The monoisotopic (exact) mass is 471 g/mol. The van der Waals surface area contributed by atoms with Crippen LogP contribution in [0.1, 0.15) is 33.7 Å². The van der Waals surface area contributed by atoms with Crippen molar-refractivity contribution in [3.8, 4) is 0 Å². The van der Waals surface area contributed by atoms with E-state index in [1.165, 1.54) is 17.7 Å². The molecule has 5 rings (SSSR count). The zero-order chi connectivity index (χ0) is 22.8. The number of nitrogens with one attached hydrogen (secondary N) is 1. The van der Waals surface area contributed by atoms with E-state index in [9.17, 15) is 9.18 Å². The third kappa shape index (κ3) is 4.68. The molecule has 33 heavy (non-hydrogen) atoms. The van der Waals surface area contributed by atoms with Gasteiger partial charge in [-0.2, -0.15) is 11.3 Å². The van der Waals surface area contributed by atoms with Crippen LogP contribution in [0.5, 0.6) is 0 Å². The van der Waals surface area contributed by atoms with Gasteiger partial charge in [0.1, 0.15) is 5.82 Å². The molecular weight excluding hydrogens is 453 g/mol. The first-order valence-corrected chi connectivity index (χ1v) is 11.8. The molecule has 0 aliphatic carbocycles. The number of pyridine rings is 1. The standard InChI is InChI=1S/C28H19ClFNOS/c29-23-9-6-19(7-10-23)28(22-12-13-33-17-22)21-8-11-26-25(15-21)20(16-27(32)31-26)5-4-18-2-1-3-24(30)14-18/h1-17,28H,(H,31,32). The van der Waals surface area contributed by atoms with E-state index in [0.717, 1.165) is 33.2 Å². The van der Waals surface area contributed by atoms with Gasteiger partial charge in [-0.1, -0.05) is 54.1 Å². The lowest BCUT2D eigenvalue weighted by molar-refractivity contribution is 0.627. The van der Waals surface area contributed by atoms with Crippen molar-refractivity contribution in [1.82, 2.24) is 4.98 Å². The second-order valence-electron chi connectivity index (χ2n) is 7.82. The predicted octanol–water partition coefficient (Wildman–Crippen LogP) is 7.73. The topological polar surface area (TPSA) is 32.9 Å². The molecular formula is C28H19ClFNOS. The summed E-state index contributed by atoms with van der Waals surface area (Å²) in [4.78, 5) is 15.2. The Hall–Kier alpha value is -3.47. The van der Waals surface area contributed by atoms with Gasteiger partial charge in [0.25, 0.3) is 0 Å². The van der Waals surface area contributed by atoms with Gasteiger partial charge in [-0.25, -0.2) is 4.39 Å². The molecule has 2 aromatic heterocycles. The number of thiophene rings is 1. The van der Waals surface area contributed by atoms with Crippen molar-refractivity contribution in [1.29, 1.82) is 0 Å². The maximum atomic E-state index is 13.6. The van der Waals surface area contributed by atoms with Gasteiger partial charge in [0.05, 0.1) is 0 Å². The SMILES string of the molecule is O=c1cc(C=Cc2cccc(F)c2)c2cc(C(c3ccc(Cl)cc3)c3ccsc3)ccc2[nH]1. The summed E-state index contributed by atoms with van der Waals surface area (Å²) in [6.07, 6.45) is 3.68. The molecule has 2 heterocycles. The van der Waals surface area contributed by atoms with Crippen molar-refractivity contribution in [2.45, 2.75) is 5.92 Å². The number of aromatic amines is 1. The summed E-state index contributed by atoms with van der Waals surface area (Å²) in [5, 5.41) is 5.85. The summed E-state index contributed by atoms with van der Waals surface area (Å²) in [5.74, 6) is -0.262. The third-order valence-electron chi connectivity index (χ3n) is 5.62. The minimum absolute atomic E-state index is 0.0323. The predicted molar refractivity (Wildman–Crippen MR) is 137 cm³/mol. The summed E-state index contributed by atoms with van der Waals surface area (Å²) in [6, 6.07) is 24.1. The molecule has 1 N–H and O–H groups in total. The lowest BCUT2D eigenvalue weighted by Crippen LogP contribution is -2.07. The summed E-state index contributed by atoms with van der Waals surface area (Å²) in [7, 11) is 0. The zero-order valence-corrected chi connectivity index (χ0v) is 19.0. The van der Waals surface area contributed by atoms with Crippen molar-refractivity contribution < 1.29 is 4.39 Å². The van der Waals surface area contributed by atoms with Crippen LogP contribution < -0.4 is 5.56 Å². The highest BCUT2D eigenvalue weighted by Crippen LogP contribution is 2.35. The van der Waals surface area contributed by atoms with Crippen molar-refractivity contribution >= 4 is 46.0 Å². The molecule has 0 amide bonds. The summed E-state index contributed by atoms with van der Waals surface area (Å²) < 4.78 is 13.6. The van der Waals surface area contributed by atoms with Gasteiger partial charge in [0.15, 0.2) is 0 Å². The Morgan fingerprint density at radius 1 is 0.879 bits per heavy atom. The van der Waals surface area contributed by atoms with Crippen LogP contribution in [0.15, 0.2) is 94.4 Å². The Morgan fingerprint density at radius 3 is 2.45 bits per heavy atom. The van der Waals surface area contributed by atoms with E-state index in [1.54, 1.807) is 23.5 Å². The average Bonchev–Trinajstić information content (AvgIpc) is 3.33. The second kappa shape index (κ2) is 9.18. The number of aromatic nitrogens is 1. The minimum Gasteiger partial charge on any atom is -0.322 e. The lowest BCUT2D eigenvalue weighted by atomic mass is 9.85. The molecule has 0 spiro atoms. The van der Waals surface area contributed by atoms with Gasteiger partial charge < -0.3 is 4.98 Å². The van der Waals surface area contributed by atoms with Crippen LogP contribution in [0.2, 0.25) is 5.02 Å². The average molecular weight is 472 g/mol. The number of benzene rings is 3. The van der Waals surface area contributed by atoms with Crippen LogP contribution in [0.3, 0.4) is 0 Å². The normalized spacial score (nSPS) is 12.4. The molecule has 1 atom stereocenters. The first-order chi connectivity index (χ1) is 16.1. The molecule has 0 radical (unpaired) electrons. The largest absolute Gasteiger partial charge is 0.322 e. The molecule has 0 saturated carbocycles. The fourth-order valence-electron chi connectivity index (χ4n) is 4.08. The molecule has 1 unspecified atom stereocenters. The van der Waals surface area contributed by atoms with Gasteiger partial charge >= 0.3 is 0 Å². The fourth-order valence-corrected chi connectivity index (χ4v) is 4.90. The highest BCUT2D eigenvalue weighted by Gasteiger charge is 2.18. The van der Waals surface area contributed by atoms with Crippen LogP contribution >= 0.6 is 22.9 Å². The van der Waals surface area contributed by atoms with E-state index in [4.69, 9.17) is 11.6 Å². The second-order valence-corrected chi connectivity index (χ2v) is 9.04. The van der Waals surface area contributed by atoms with E-state index in [2.05, 4.69) is 33.9 Å². The van der Waals surface area contributed by atoms with E-state index in [-0.39, 0.29) is 17.3 Å². The highest BCUT2D eigenvalue weighted by molar-refractivity contribution is 7.08. The van der Waals surface area contributed by atoms with Crippen molar-refractivity contribution in [2.75, 3.05) is 0 Å². The molecule has 0 saturated heterocycles. The van der Waals surface area contributed by atoms with Gasteiger partial charge in [0, 0.05) is 27.9 Å². The molecule has 162 valence electrons. The number of rotatable bonds is 5. The van der Waals surface area contributed by atoms with Gasteiger partial charge in [0.2, 0.25) is 5.56 Å². The third-order valence-corrected chi connectivity index (χ3v) is 6.57. The van der Waals surface area contributed by atoms with E-state index in [1.807, 2.05) is 48.6 Å². The van der Waals surface area contributed by atoms with Gasteiger partial charge in [-0.3, -0.25) is 4.79 Å². The number of fused-ring (bicyclic) bond motifs is 1. The summed E-state index contributed by atoms with van der Waals surface area (Å²) >= 11 is 7.79. The quantitative estimate of drug-likeness (QED) is 0.279. The maximum absolute atomic E-state index is 13.6. The van der Waals surface area contributed by atoms with Crippen molar-refractivity contribution in [3.05, 3.63) is 139 Å². The first-order valence-electron chi connectivity index (χ1n) is 10.4. The Labute approximate surface area is 199 Å². The zero-order valence-electron chi connectivity index (χ0n) is 17.5. The van der Waals surface area contributed by atoms with Gasteiger partial charge in [-0.05, 0) is 81.0 Å². The molecule has 5 heteroatoms.